The minimum absolute atomic E-state index is 0.103. The van der Waals surface area contributed by atoms with Crippen molar-refractivity contribution in [3.05, 3.63) is 36.4 Å². The lowest BCUT2D eigenvalue weighted by Crippen LogP contribution is -2.00. The molecular weight excluding hydrogens is 182 g/mol. The van der Waals surface area contributed by atoms with Gasteiger partial charge in [0.15, 0.2) is 0 Å². The second kappa shape index (κ2) is 4.32. The maximum absolute atomic E-state index is 10.6. The number of carboxylic acid groups (broad SMARTS) is 1. The fraction of sp³-hybridized carbons (Fsp3) is 0.100. The standard InChI is InChI=1S/C10H11NO3/c1-2-5-11-7-3-4-8(10(13)14)9(12)6-7/h2-4,6,11-12H,1,5H2,(H,13,14). The zero-order chi connectivity index (χ0) is 10.6. The van der Waals surface area contributed by atoms with Gasteiger partial charge in [-0.1, -0.05) is 6.08 Å². The zero-order valence-corrected chi connectivity index (χ0v) is 7.53. The Balaban J connectivity index is 2.88. The largest absolute Gasteiger partial charge is 0.507 e. The van der Waals surface area contributed by atoms with Crippen molar-refractivity contribution in [2.75, 3.05) is 11.9 Å². The molecule has 0 bridgehead atoms. The van der Waals surface area contributed by atoms with E-state index in [1.54, 1.807) is 12.1 Å². The van der Waals surface area contributed by atoms with Gasteiger partial charge in [0.25, 0.3) is 0 Å². The van der Waals surface area contributed by atoms with Crippen molar-refractivity contribution in [3.8, 4) is 5.75 Å². The van der Waals surface area contributed by atoms with Gasteiger partial charge >= 0.3 is 5.97 Å². The number of anilines is 1. The number of aromatic carboxylic acids is 1. The number of carbonyl (C=O) groups is 1. The molecule has 0 aliphatic carbocycles. The van der Waals surface area contributed by atoms with Crippen LogP contribution >= 0.6 is 0 Å². The van der Waals surface area contributed by atoms with Crippen molar-refractivity contribution >= 4 is 11.7 Å². The van der Waals surface area contributed by atoms with E-state index in [2.05, 4.69) is 11.9 Å². The van der Waals surface area contributed by atoms with E-state index in [0.717, 1.165) is 0 Å². The number of hydrogen-bond donors (Lipinski definition) is 3. The Hall–Kier alpha value is -1.97. The summed E-state index contributed by atoms with van der Waals surface area (Å²) < 4.78 is 0. The van der Waals surface area contributed by atoms with Gasteiger partial charge in [-0.25, -0.2) is 4.79 Å². The van der Waals surface area contributed by atoms with E-state index in [1.807, 2.05) is 0 Å². The molecule has 0 atom stereocenters. The summed E-state index contributed by atoms with van der Waals surface area (Å²) in [6.07, 6.45) is 1.67. The molecule has 74 valence electrons. The third-order valence-corrected chi connectivity index (χ3v) is 1.68. The summed E-state index contributed by atoms with van der Waals surface area (Å²) in [7, 11) is 0. The highest BCUT2D eigenvalue weighted by Gasteiger charge is 2.08. The number of benzene rings is 1. The van der Waals surface area contributed by atoms with Crippen LogP contribution in [-0.2, 0) is 0 Å². The van der Waals surface area contributed by atoms with Gasteiger partial charge in [0.05, 0.1) is 0 Å². The first-order valence-corrected chi connectivity index (χ1v) is 4.06. The fourth-order valence-corrected chi connectivity index (χ4v) is 1.01. The first kappa shape index (κ1) is 10.1. The average Bonchev–Trinajstić information content (AvgIpc) is 2.14. The molecule has 0 fully saturated rings. The number of aromatic hydroxyl groups is 1. The maximum Gasteiger partial charge on any atom is 0.339 e. The molecule has 0 saturated heterocycles. The summed E-state index contributed by atoms with van der Waals surface area (Å²) >= 11 is 0. The molecule has 0 saturated carbocycles. The fourth-order valence-electron chi connectivity index (χ4n) is 1.01. The highest BCUT2D eigenvalue weighted by atomic mass is 16.4. The van der Waals surface area contributed by atoms with Gasteiger partial charge in [0.2, 0.25) is 0 Å². The van der Waals surface area contributed by atoms with Gasteiger partial charge in [-0.15, -0.1) is 6.58 Å². The summed E-state index contributed by atoms with van der Waals surface area (Å²) in [6.45, 7) is 4.09. The molecule has 0 unspecified atom stereocenters. The summed E-state index contributed by atoms with van der Waals surface area (Å²) in [5.41, 5.74) is 0.557. The van der Waals surface area contributed by atoms with Crippen molar-refractivity contribution in [2.24, 2.45) is 0 Å². The van der Waals surface area contributed by atoms with Crippen LogP contribution in [0.1, 0.15) is 10.4 Å². The van der Waals surface area contributed by atoms with E-state index >= 15 is 0 Å². The minimum atomic E-state index is -1.14. The van der Waals surface area contributed by atoms with Crippen molar-refractivity contribution in [1.82, 2.24) is 0 Å². The molecule has 0 aliphatic rings. The zero-order valence-electron chi connectivity index (χ0n) is 7.53. The number of phenols is 1. The lowest BCUT2D eigenvalue weighted by Gasteiger charge is -2.05. The van der Waals surface area contributed by atoms with Gasteiger partial charge in [-0.2, -0.15) is 0 Å². The highest BCUT2D eigenvalue weighted by molar-refractivity contribution is 5.91. The summed E-state index contributed by atoms with van der Waals surface area (Å²) in [6, 6.07) is 4.31. The van der Waals surface area contributed by atoms with E-state index < -0.39 is 5.97 Å². The molecule has 0 heterocycles. The Kier molecular flexibility index (Phi) is 3.12. The number of rotatable bonds is 4. The van der Waals surface area contributed by atoms with Crippen LogP contribution in [0.25, 0.3) is 0 Å². The first-order chi connectivity index (χ1) is 6.65. The molecule has 0 spiro atoms. The van der Waals surface area contributed by atoms with Crippen molar-refractivity contribution in [1.29, 1.82) is 0 Å². The molecule has 0 amide bonds. The lowest BCUT2D eigenvalue weighted by atomic mass is 10.2. The normalized spacial score (nSPS) is 9.43. The van der Waals surface area contributed by atoms with Crippen LogP contribution in [0, 0.1) is 0 Å². The monoisotopic (exact) mass is 193 g/mol. The average molecular weight is 193 g/mol. The third kappa shape index (κ3) is 2.26. The van der Waals surface area contributed by atoms with Crippen molar-refractivity contribution in [3.63, 3.8) is 0 Å². The third-order valence-electron chi connectivity index (χ3n) is 1.68. The predicted molar refractivity (Wildman–Crippen MR) is 53.8 cm³/mol. The Morgan fingerprint density at radius 3 is 2.79 bits per heavy atom. The van der Waals surface area contributed by atoms with Gasteiger partial charge < -0.3 is 15.5 Å². The Morgan fingerprint density at radius 1 is 1.57 bits per heavy atom. The minimum Gasteiger partial charge on any atom is -0.507 e. The summed E-state index contributed by atoms with van der Waals surface area (Å²) in [5, 5.41) is 20.9. The molecule has 0 aromatic heterocycles. The van der Waals surface area contributed by atoms with Crippen LogP contribution in [0.15, 0.2) is 30.9 Å². The second-order valence-corrected chi connectivity index (χ2v) is 2.71. The van der Waals surface area contributed by atoms with E-state index in [-0.39, 0.29) is 11.3 Å². The van der Waals surface area contributed by atoms with E-state index in [0.29, 0.717) is 12.2 Å². The van der Waals surface area contributed by atoms with E-state index in [9.17, 15) is 9.90 Å². The van der Waals surface area contributed by atoms with Gasteiger partial charge in [0, 0.05) is 18.3 Å². The summed E-state index contributed by atoms with van der Waals surface area (Å²) in [5.74, 6) is -1.38. The highest BCUT2D eigenvalue weighted by Crippen LogP contribution is 2.21. The number of nitrogens with one attached hydrogen (secondary N) is 1. The molecule has 14 heavy (non-hydrogen) atoms. The molecule has 4 heteroatoms. The molecule has 3 N–H and O–H groups in total. The number of carboxylic acids is 1. The lowest BCUT2D eigenvalue weighted by molar-refractivity contribution is 0.0694. The predicted octanol–water partition coefficient (Wildman–Crippen LogP) is 1.69. The van der Waals surface area contributed by atoms with E-state index in [1.165, 1.54) is 12.1 Å². The van der Waals surface area contributed by atoms with Crippen molar-refractivity contribution < 1.29 is 15.0 Å². The topological polar surface area (TPSA) is 69.6 Å². The van der Waals surface area contributed by atoms with Crippen molar-refractivity contribution in [2.45, 2.75) is 0 Å². The Bertz CT molecular complexity index is 360. The van der Waals surface area contributed by atoms with Gasteiger partial charge in [-0.3, -0.25) is 0 Å². The van der Waals surface area contributed by atoms with Gasteiger partial charge in [-0.05, 0) is 12.1 Å². The van der Waals surface area contributed by atoms with Crippen LogP contribution < -0.4 is 5.32 Å². The molecule has 0 aliphatic heterocycles. The smallest absolute Gasteiger partial charge is 0.339 e. The van der Waals surface area contributed by atoms with Crippen LogP contribution in [-0.4, -0.2) is 22.7 Å². The molecular formula is C10H11NO3. The van der Waals surface area contributed by atoms with Crippen LogP contribution in [0.4, 0.5) is 5.69 Å². The molecule has 1 rings (SSSR count). The van der Waals surface area contributed by atoms with Crippen LogP contribution in [0.2, 0.25) is 0 Å². The van der Waals surface area contributed by atoms with E-state index in [4.69, 9.17) is 5.11 Å². The Labute approximate surface area is 81.5 Å². The van der Waals surface area contributed by atoms with Gasteiger partial charge in [0.1, 0.15) is 11.3 Å². The molecule has 4 nitrogen and oxygen atoms in total. The first-order valence-electron chi connectivity index (χ1n) is 4.06. The second-order valence-electron chi connectivity index (χ2n) is 2.71. The molecule has 1 aromatic rings. The van der Waals surface area contributed by atoms with Crippen LogP contribution in [0.5, 0.6) is 5.75 Å². The van der Waals surface area contributed by atoms with Crippen LogP contribution in [0.3, 0.4) is 0 Å². The number of hydrogen-bond acceptors (Lipinski definition) is 3. The SMILES string of the molecule is C=CCNc1ccc(C(=O)O)c(O)c1. The maximum atomic E-state index is 10.6. The molecule has 1 aromatic carbocycles. The molecule has 0 radical (unpaired) electrons. The summed E-state index contributed by atoms with van der Waals surface area (Å²) in [4.78, 5) is 10.6. The Morgan fingerprint density at radius 2 is 2.29 bits per heavy atom. The quantitative estimate of drug-likeness (QED) is 0.636.